The van der Waals surface area contributed by atoms with Gasteiger partial charge in [-0.2, -0.15) is 0 Å². The molecule has 1 heteroatoms. The number of fused-ring (bicyclic) bond motifs is 4. The number of hydrogen-bond donors (Lipinski definition) is 0. The van der Waals surface area contributed by atoms with Crippen LogP contribution >= 0.6 is 0 Å². The number of rotatable bonds is 1. The molecule has 120 valence electrons. The highest BCUT2D eigenvalue weighted by Gasteiger charge is 2.16. The lowest BCUT2D eigenvalue weighted by atomic mass is 9.86. The second-order valence-electron chi connectivity index (χ2n) is 6.92. The lowest BCUT2D eigenvalue weighted by Crippen LogP contribution is -1.92. The summed E-state index contributed by atoms with van der Waals surface area (Å²) in [6.45, 7) is 0. The third-order valence-corrected chi connectivity index (χ3v) is 5.67. The quantitative estimate of drug-likeness (QED) is 0.186. The average molecular weight is 330 g/mol. The van der Waals surface area contributed by atoms with Crippen LogP contribution in [0.15, 0.2) is 78.9 Å². The summed E-state index contributed by atoms with van der Waals surface area (Å²) in [6, 6.07) is 27.7. The van der Waals surface area contributed by atoms with E-state index in [9.17, 15) is 4.79 Å². The van der Waals surface area contributed by atoms with Crippen molar-refractivity contribution in [3.05, 3.63) is 84.4 Å². The minimum absolute atomic E-state index is 0.788. The normalized spacial score (nSPS) is 12.0. The second kappa shape index (κ2) is 4.80. The summed E-state index contributed by atoms with van der Waals surface area (Å²) in [7, 11) is 0. The van der Waals surface area contributed by atoms with E-state index in [2.05, 4.69) is 60.7 Å². The zero-order valence-corrected chi connectivity index (χ0v) is 14.0. The summed E-state index contributed by atoms with van der Waals surface area (Å²) >= 11 is 0. The molecule has 0 unspecified atom stereocenters. The molecule has 0 bridgehead atoms. The van der Waals surface area contributed by atoms with Crippen molar-refractivity contribution in [1.29, 1.82) is 0 Å². The van der Waals surface area contributed by atoms with Gasteiger partial charge in [0.25, 0.3) is 0 Å². The Hall–Kier alpha value is -3.45. The number of hydrogen-bond acceptors (Lipinski definition) is 1. The van der Waals surface area contributed by atoms with Crippen LogP contribution in [0.25, 0.3) is 53.9 Å². The van der Waals surface area contributed by atoms with Gasteiger partial charge in [-0.3, -0.25) is 4.79 Å². The maximum Gasteiger partial charge on any atom is 0.151 e. The molecule has 0 N–H and O–H groups in total. The molecular formula is C25H14O. The van der Waals surface area contributed by atoms with Crippen LogP contribution in [0.5, 0.6) is 0 Å². The minimum atomic E-state index is 0.788. The van der Waals surface area contributed by atoms with Gasteiger partial charge < -0.3 is 0 Å². The molecule has 6 aromatic rings. The number of aldehydes is 1. The van der Waals surface area contributed by atoms with E-state index in [0.717, 1.165) is 28.0 Å². The lowest BCUT2D eigenvalue weighted by Gasteiger charge is -2.16. The van der Waals surface area contributed by atoms with Crippen LogP contribution in [0, 0.1) is 0 Å². The Labute approximate surface area is 149 Å². The molecule has 0 fully saturated rings. The molecule has 0 aliphatic rings. The Balaban J connectivity index is 2.02. The average Bonchev–Trinajstić information content (AvgIpc) is 2.71. The van der Waals surface area contributed by atoms with Crippen LogP contribution in [0.4, 0.5) is 0 Å². The molecule has 0 spiro atoms. The molecule has 0 amide bonds. The first-order chi connectivity index (χ1) is 12.9. The van der Waals surface area contributed by atoms with Crippen LogP contribution in [-0.2, 0) is 0 Å². The van der Waals surface area contributed by atoms with E-state index in [1.54, 1.807) is 0 Å². The van der Waals surface area contributed by atoms with Crippen LogP contribution in [0.2, 0.25) is 0 Å². The van der Waals surface area contributed by atoms with Gasteiger partial charge in [0.1, 0.15) is 0 Å². The van der Waals surface area contributed by atoms with E-state index in [0.29, 0.717) is 0 Å². The Morgan fingerprint density at radius 3 is 2.00 bits per heavy atom. The van der Waals surface area contributed by atoms with Crippen LogP contribution in [-0.4, -0.2) is 6.29 Å². The fourth-order valence-electron chi connectivity index (χ4n) is 4.58. The highest BCUT2D eigenvalue weighted by molar-refractivity contribution is 6.35. The van der Waals surface area contributed by atoms with Gasteiger partial charge in [0.15, 0.2) is 6.29 Å². The van der Waals surface area contributed by atoms with E-state index in [4.69, 9.17) is 0 Å². The van der Waals surface area contributed by atoms with Crippen molar-refractivity contribution in [2.24, 2.45) is 0 Å². The summed E-state index contributed by atoms with van der Waals surface area (Å²) in [5, 5.41) is 11.9. The molecule has 0 saturated carbocycles. The minimum Gasteiger partial charge on any atom is -0.298 e. The molecule has 0 radical (unpaired) electrons. The standard InChI is InChI=1S/C25H14O/c26-14-23-19-8-4-3-7-18(19)21-10-9-16-13-15-5-1-2-6-17(15)20-11-12-22(23)25(21)24(16)20/h1-14H. The van der Waals surface area contributed by atoms with Crippen molar-refractivity contribution in [3.8, 4) is 0 Å². The van der Waals surface area contributed by atoms with Gasteiger partial charge in [0.2, 0.25) is 0 Å². The predicted octanol–water partition coefficient (Wildman–Crippen LogP) is 6.70. The van der Waals surface area contributed by atoms with E-state index in [-0.39, 0.29) is 0 Å². The van der Waals surface area contributed by atoms with Crippen LogP contribution in [0.1, 0.15) is 10.4 Å². The molecule has 6 rings (SSSR count). The van der Waals surface area contributed by atoms with Crippen molar-refractivity contribution in [2.75, 3.05) is 0 Å². The van der Waals surface area contributed by atoms with E-state index < -0.39 is 0 Å². The van der Waals surface area contributed by atoms with Gasteiger partial charge in [-0.15, -0.1) is 0 Å². The third kappa shape index (κ3) is 1.58. The smallest absolute Gasteiger partial charge is 0.151 e. The van der Waals surface area contributed by atoms with E-state index in [1.165, 1.54) is 37.7 Å². The zero-order valence-electron chi connectivity index (χ0n) is 14.0. The van der Waals surface area contributed by atoms with Crippen LogP contribution in [0.3, 0.4) is 0 Å². The first-order valence-electron chi connectivity index (χ1n) is 8.83. The van der Waals surface area contributed by atoms with E-state index >= 15 is 0 Å². The maximum atomic E-state index is 12.0. The molecule has 26 heavy (non-hydrogen) atoms. The molecule has 0 aromatic heterocycles. The van der Waals surface area contributed by atoms with Gasteiger partial charge in [-0.25, -0.2) is 0 Å². The molecule has 0 aliphatic carbocycles. The predicted molar refractivity (Wildman–Crippen MR) is 111 cm³/mol. The number of carbonyl (C=O) groups excluding carboxylic acids is 1. The summed E-state index contributed by atoms with van der Waals surface area (Å²) in [5.74, 6) is 0. The Bertz CT molecular complexity index is 1490. The Kier molecular flexibility index (Phi) is 2.55. The first kappa shape index (κ1) is 13.8. The first-order valence-corrected chi connectivity index (χ1v) is 8.83. The molecular weight excluding hydrogens is 316 g/mol. The Morgan fingerprint density at radius 1 is 0.500 bits per heavy atom. The second-order valence-corrected chi connectivity index (χ2v) is 6.92. The van der Waals surface area contributed by atoms with Gasteiger partial charge in [0, 0.05) is 5.56 Å². The molecule has 0 saturated heterocycles. The lowest BCUT2D eigenvalue weighted by molar-refractivity contribution is 0.112. The van der Waals surface area contributed by atoms with Crippen LogP contribution < -0.4 is 0 Å². The molecule has 1 nitrogen and oxygen atoms in total. The van der Waals surface area contributed by atoms with Crippen molar-refractivity contribution in [3.63, 3.8) is 0 Å². The van der Waals surface area contributed by atoms with Crippen molar-refractivity contribution >= 4 is 60.1 Å². The van der Waals surface area contributed by atoms with Gasteiger partial charge >= 0.3 is 0 Å². The van der Waals surface area contributed by atoms with Gasteiger partial charge in [-0.05, 0) is 59.9 Å². The Morgan fingerprint density at radius 2 is 1.15 bits per heavy atom. The number of carbonyl (C=O) groups is 1. The molecule has 0 heterocycles. The van der Waals surface area contributed by atoms with Crippen molar-refractivity contribution in [1.82, 2.24) is 0 Å². The fraction of sp³-hybridized carbons (Fsp3) is 0. The molecule has 0 aliphatic heterocycles. The third-order valence-electron chi connectivity index (χ3n) is 5.67. The van der Waals surface area contributed by atoms with Crippen molar-refractivity contribution in [2.45, 2.75) is 0 Å². The zero-order chi connectivity index (χ0) is 17.3. The highest BCUT2D eigenvalue weighted by Crippen LogP contribution is 2.42. The maximum absolute atomic E-state index is 12.0. The monoisotopic (exact) mass is 330 g/mol. The highest BCUT2D eigenvalue weighted by atomic mass is 16.1. The topological polar surface area (TPSA) is 17.1 Å². The number of benzene rings is 6. The summed E-state index contributed by atoms with van der Waals surface area (Å²) in [5.41, 5.74) is 0.788. The fourth-order valence-corrected chi connectivity index (χ4v) is 4.58. The van der Waals surface area contributed by atoms with Gasteiger partial charge in [-0.1, -0.05) is 72.8 Å². The SMILES string of the molecule is O=Cc1c2ccccc2c2ccc3cc4ccccc4c4ccc1c2c34. The van der Waals surface area contributed by atoms with E-state index in [1.807, 2.05) is 18.2 Å². The molecule has 0 atom stereocenters. The molecule has 6 aromatic carbocycles. The van der Waals surface area contributed by atoms with Gasteiger partial charge in [0.05, 0.1) is 0 Å². The summed E-state index contributed by atoms with van der Waals surface area (Å²) in [4.78, 5) is 12.0. The summed E-state index contributed by atoms with van der Waals surface area (Å²) < 4.78 is 0. The summed E-state index contributed by atoms with van der Waals surface area (Å²) in [6.07, 6.45) is 1.01. The van der Waals surface area contributed by atoms with Crippen molar-refractivity contribution < 1.29 is 4.79 Å². The largest absolute Gasteiger partial charge is 0.298 e.